The van der Waals surface area contributed by atoms with Crippen molar-refractivity contribution in [3.8, 4) is 0 Å². The molecular formula is C12H19F3N4O. The molecule has 1 saturated heterocycles. The van der Waals surface area contributed by atoms with E-state index in [4.69, 9.17) is 0 Å². The lowest BCUT2D eigenvalue weighted by atomic mass is 9.96. The lowest BCUT2D eigenvalue weighted by Gasteiger charge is -2.37. The first-order valence-corrected chi connectivity index (χ1v) is 6.63. The summed E-state index contributed by atoms with van der Waals surface area (Å²) in [7, 11) is 0. The molecule has 2 heterocycles. The Balaban J connectivity index is 1.90. The third-order valence-electron chi connectivity index (χ3n) is 3.66. The molecule has 2 unspecified atom stereocenters. The number of halogens is 3. The fourth-order valence-electron chi connectivity index (χ4n) is 2.56. The number of alkyl halides is 3. The van der Waals surface area contributed by atoms with Gasteiger partial charge < -0.3 is 5.11 Å². The molecule has 5 nitrogen and oxygen atoms in total. The van der Waals surface area contributed by atoms with Gasteiger partial charge in [-0.3, -0.25) is 9.58 Å². The maximum atomic E-state index is 12.7. The molecule has 2 rings (SSSR count). The van der Waals surface area contributed by atoms with Crippen molar-refractivity contribution in [3.05, 3.63) is 12.4 Å². The van der Waals surface area contributed by atoms with Crippen LogP contribution in [0.25, 0.3) is 0 Å². The zero-order chi connectivity index (χ0) is 14.8. The van der Waals surface area contributed by atoms with Gasteiger partial charge in [-0.25, -0.2) is 0 Å². The Bertz CT molecular complexity index is 419. The summed E-state index contributed by atoms with van der Waals surface area (Å²) >= 11 is 0. The molecule has 114 valence electrons. The van der Waals surface area contributed by atoms with E-state index in [1.54, 1.807) is 22.0 Å². The second-order valence-electron chi connectivity index (χ2n) is 5.64. The van der Waals surface area contributed by atoms with Crippen LogP contribution in [0.4, 0.5) is 13.2 Å². The Morgan fingerprint density at radius 2 is 2.15 bits per heavy atom. The smallest absolute Gasteiger partial charge is 0.380 e. The summed E-state index contributed by atoms with van der Waals surface area (Å²) in [5.74, 6) is 0.231. The molecule has 1 fully saturated rings. The van der Waals surface area contributed by atoms with Crippen LogP contribution in [0.2, 0.25) is 0 Å². The van der Waals surface area contributed by atoms with Crippen LogP contribution in [-0.2, 0) is 6.54 Å². The van der Waals surface area contributed by atoms with Gasteiger partial charge in [0, 0.05) is 25.8 Å². The molecule has 2 atom stereocenters. The Hall–Kier alpha value is -1.15. The maximum absolute atomic E-state index is 12.7. The van der Waals surface area contributed by atoms with Gasteiger partial charge in [-0.1, -0.05) is 5.21 Å². The molecular weight excluding hydrogens is 273 g/mol. The second kappa shape index (κ2) is 5.69. The van der Waals surface area contributed by atoms with Crippen LogP contribution >= 0.6 is 0 Å². The van der Waals surface area contributed by atoms with Crippen LogP contribution in [0, 0.1) is 5.92 Å². The van der Waals surface area contributed by atoms with Gasteiger partial charge in [-0.2, -0.15) is 13.2 Å². The molecule has 8 heteroatoms. The van der Waals surface area contributed by atoms with Crippen LogP contribution in [0.15, 0.2) is 12.4 Å². The van der Waals surface area contributed by atoms with Crippen molar-refractivity contribution in [3.63, 3.8) is 0 Å². The summed E-state index contributed by atoms with van der Waals surface area (Å²) in [5.41, 5.74) is -2.66. The first-order valence-electron chi connectivity index (χ1n) is 6.63. The third kappa shape index (κ3) is 3.69. The summed E-state index contributed by atoms with van der Waals surface area (Å²) in [5, 5.41) is 17.1. The van der Waals surface area contributed by atoms with Gasteiger partial charge in [0.05, 0.1) is 6.20 Å². The summed E-state index contributed by atoms with van der Waals surface area (Å²) < 4.78 is 39.8. The quantitative estimate of drug-likeness (QED) is 0.909. The van der Waals surface area contributed by atoms with Crippen LogP contribution in [0.3, 0.4) is 0 Å². The van der Waals surface area contributed by atoms with E-state index in [0.29, 0.717) is 19.6 Å². The van der Waals surface area contributed by atoms with Crippen molar-refractivity contribution in [2.24, 2.45) is 5.92 Å². The van der Waals surface area contributed by atoms with Gasteiger partial charge in [-0.05, 0) is 32.2 Å². The van der Waals surface area contributed by atoms with Crippen molar-refractivity contribution in [1.29, 1.82) is 0 Å². The zero-order valence-electron chi connectivity index (χ0n) is 11.3. The number of hydrogen-bond donors (Lipinski definition) is 1. The Kier molecular flexibility index (Phi) is 4.33. The molecule has 20 heavy (non-hydrogen) atoms. The predicted octanol–water partition coefficient (Wildman–Crippen LogP) is 1.30. The van der Waals surface area contributed by atoms with Gasteiger partial charge in [0.1, 0.15) is 0 Å². The molecule has 0 bridgehead atoms. The zero-order valence-corrected chi connectivity index (χ0v) is 11.3. The maximum Gasteiger partial charge on any atom is 0.418 e. The third-order valence-corrected chi connectivity index (χ3v) is 3.66. The number of likely N-dealkylation sites (tertiary alicyclic amines) is 1. The fraction of sp³-hybridized carbons (Fsp3) is 0.833. The van der Waals surface area contributed by atoms with Crippen LogP contribution < -0.4 is 0 Å². The standard InChI is InChI=1S/C12H19F3N4O/c1-11(20,12(13,14)15)9-18-5-2-3-10(7-18)8-19-6-4-16-17-19/h4,6,10,20H,2-3,5,7-9H2,1H3. The highest BCUT2D eigenvalue weighted by atomic mass is 19.4. The highest BCUT2D eigenvalue weighted by Gasteiger charge is 2.50. The van der Waals surface area contributed by atoms with Crippen molar-refractivity contribution in [2.75, 3.05) is 19.6 Å². The number of rotatable bonds is 4. The van der Waals surface area contributed by atoms with Crippen molar-refractivity contribution >= 4 is 0 Å². The molecule has 1 aliphatic rings. The Morgan fingerprint density at radius 3 is 2.75 bits per heavy atom. The number of hydrogen-bond acceptors (Lipinski definition) is 4. The van der Waals surface area contributed by atoms with Crippen molar-refractivity contribution in [2.45, 2.75) is 38.1 Å². The van der Waals surface area contributed by atoms with Gasteiger partial charge in [0.2, 0.25) is 0 Å². The van der Waals surface area contributed by atoms with E-state index in [-0.39, 0.29) is 12.5 Å². The molecule has 0 spiro atoms. The summed E-state index contributed by atoms with van der Waals surface area (Å²) in [6.07, 6.45) is 0.490. The molecule has 0 aromatic carbocycles. The van der Waals surface area contributed by atoms with Crippen molar-refractivity contribution in [1.82, 2.24) is 19.9 Å². The average Bonchev–Trinajstić information content (AvgIpc) is 2.80. The molecule has 1 N–H and O–H groups in total. The predicted molar refractivity (Wildman–Crippen MR) is 65.9 cm³/mol. The Labute approximate surface area is 115 Å². The fourth-order valence-corrected chi connectivity index (χ4v) is 2.56. The molecule has 1 aromatic heterocycles. The largest absolute Gasteiger partial charge is 0.418 e. The lowest BCUT2D eigenvalue weighted by molar-refractivity contribution is -0.258. The minimum Gasteiger partial charge on any atom is -0.380 e. The Morgan fingerprint density at radius 1 is 1.40 bits per heavy atom. The van der Waals surface area contributed by atoms with E-state index in [1.807, 2.05) is 0 Å². The topological polar surface area (TPSA) is 54.2 Å². The normalized spacial score (nSPS) is 24.6. The molecule has 0 radical (unpaired) electrons. The number of piperidine rings is 1. The van der Waals surface area contributed by atoms with Gasteiger partial charge in [0.25, 0.3) is 0 Å². The molecule has 0 aliphatic carbocycles. The van der Waals surface area contributed by atoms with E-state index >= 15 is 0 Å². The lowest BCUT2D eigenvalue weighted by Crippen LogP contribution is -2.53. The number of nitrogens with zero attached hydrogens (tertiary/aromatic N) is 4. The van der Waals surface area contributed by atoms with Crippen LogP contribution in [0.1, 0.15) is 19.8 Å². The molecule has 0 saturated carbocycles. The molecule has 0 amide bonds. The summed E-state index contributed by atoms with van der Waals surface area (Å²) in [6.45, 7) is 2.20. The summed E-state index contributed by atoms with van der Waals surface area (Å²) in [4.78, 5) is 1.68. The highest BCUT2D eigenvalue weighted by Crippen LogP contribution is 2.31. The first kappa shape index (κ1) is 15.2. The average molecular weight is 292 g/mol. The first-order chi connectivity index (χ1) is 9.28. The minimum absolute atomic E-state index is 0.231. The van der Waals surface area contributed by atoms with E-state index in [1.165, 1.54) is 0 Å². The minimum atomic E-state index is -4.61. The number of aliphatic hydroxyl groups is 1. The van der Waals surface area contributed by atoms with E-state index in [0.717, 1.165) is 19.8 Å². The SMILES string of the molecule is CC(O)(CN1CCCC(Cn2ccnn2)C1)C(F)(F)F. The second-order valence-corrected chi connectivity index (χ2v) is 5.64. The number of β-amino-alcohol motifs (C(OH)–C–C–N with tert-alkyl or cyclic N) is 1. The van der Waals surface area contributed by atoms with Gasteiger partial charge >= 0.3 is 6.18 Å². The van der Waals surface area contributed by atoms with E-state index in [2.05, 4.69) is 10.3 Å². The van der Waals surface area contributed by atoms with Crippen LogP contribution in [-0.4, -0.2) is 56.4 Å². The van der Waals surface area contributed by atoms with E-state index < -0.39 is 11.8 Å². The van der Waals surface area contributed by atoms with Crippen LogP contribution in [0.5, 0.6) is 0 Å². The number of aromatic nitrogens is 3. The monoisotopic (exact) mass is 292 g/mol. The van der Waals surface area contributed by atoms with Crippen molar-refractivity contribution < 1.29 is 18.3 Å². The molecule has 1 aliphatic heterocycles. The summed E-state index contributed by atoms with van der Waals surface area (Å²) in [6, 6.07) is 0. The van der Waals surface area contributed by atoms with Gasteiger partial charge in [-0.15, -0.1) is 5.10 Å². The molecule has 1 aromatic rings. The van der Waals surface area contributed by atoms with E-state index in [9.17, 15) is 18.3 Å². The van der Waals surface area contributed by atoms with Gasteiger partial charge in [0.15, 0.2) is 5.60 Å². The highest BCUT2D eigenvalue weighted by molar-refractivity contribution is 4.87.